The van der Waals surface area contributed by atoms with E-state index in [1.165, 1.54) is 6.33 Å². The highest BCUT2D eigenvalue weighted by molar-refractivity contribution is 5.85. The van der Waals surface area contributed by atoms with Crippen molar-refractivity contribution in [1.29, 1.82) is 0 Å². The summed E-state index contributed by atoms with van der Waals surface area (Å²) in [7, 11) is 1.86. The zero-order valence-electron chi connectivity index (χ0n) is 20.9. The molecule has 2 amide bonds. The van der Waals surface area contributed by atoms with Crippen LogP contribution in [0.1, 0.15) is 34.4 Å². The number of nitrogens with zero attached hydrogens (tertiary/aromatic N) is 7. The van der Waals surface area contributed by atoms with Gasteiger partial charge in [0.25, 0.3) is 0 Å². The minimum atomic E-state index is 0.0945. The predicted octanol–water partition coefficient (Wildman–Crippen LogP) is 3.34. The average molecular weight is 486 g/mol. The molecule has 1 saturated heterocycles. The van der Waals surface area contributed by atoms with Crippen LogP contribution in [0.15, 0.2) is 42.9 Å². The van der Waals surface area contributed by atoms with Gasteiger partial charge in [0, 0.05) is 45.1 Å². The molecule has 0 unspecified atom stereocenters. The molecule has 5 rings (SSSR count). The molecule has 10 nitrogen and oxygen atoms in total. The van der Waals surface area contributed by atoms with Gasteiger partial charge >= 0.3 is 6.03 Å². The van der Waals surface area contributed by atoms with Crippen LogP contribution in [-0.2, 0) is 19.6 Å². The van der Waals surface area contributed by atoms with Gasteiger partial charge in [-0.05, 0) is 48.6 Å². The second kappa shape index (κ2) is 9.80. The summed E-state index contributed by atoms with van der Waals surface area (Å²) in [5.41, 5.74) is 11.8. The van der Waals surface area contributed by atoms with E-state index >= 15 is 0 Å². The summed E-state index contributed by atoms with van der Waals surface area (Å²) >= 11 is 0. The quantitative estimate of drug-likeness (QED) is 0.412. The minimum Gasteiger partial charge on any atom is -0.384 e. The Labute approximate surface area is 210 Å². The highest BCUT2D eigenvalue weighted by Gasteiger charge is 2.22. The number of fused-ring (bicyclic) bond motifs is 1. The number of amides is 2. The number of hydrogen-bond acceptors (Lipinski definition) is 7. The normalized spacial score (nSPS) is 14.0. The molecule has 1 aliphatic rings. The van der Waals surface area contributed by atoms with Gasteiger partial charge in [0.05, 0.1) is 11.9 Å². The predicted molar refractivity (Wildman–Crippen MR) is 139 cm³/mol. The number of carbonyl (C=O) groups is 1. The zero-order chi connectivity index (χ0) is 25.2. The summed E-state index contributed by atoms with van der Waals surface area (Å²) in [6.07, 6.45) is 4.49. The summed E-state index contributed by atoms with van der Waals surface area (Å²) in [5.74, 6) is 1.26. The number of nitrogens with one attached hydrogen (secondary N) is 1. The van der Waals surface area contributed by atoms with Crippen LogP contribution in [0.25, 0.3) is 11.0 Å². The topological polar surface area (TPSA) is 118 Å². The summed E-state index contributed by atoms with van der Waals surface area (Å²) in [5, 5.41) is 8.92. The number of urea groups is 1. The van der Waals surface area contributed by atoms with Crippen LogP contribution in [-0.4, -0.2) is 60.7 Å². The van der Waals surface area contributed by atoms with Gasteiger partial charge in [-0.3, -0.25) is 4.68 Å². The van der Waals surface area contributed by atoms with Gasteiger partial charge in [0.15, 0.2) is 5.65 Å². The molecule has 10 heteroatoms. The van der Waals surface area contributed by atoms with Crippen LogP contribution in [0, 0.1) is 13.8 Å². The molecule has 36 heavy (non-hydrogen) atoms. The van der Waals surface area contributed by atoms with Gasteiger partial charge < -0.3 is 20.9 Å². The number of nitrogens with two attached hydrogens (primary N) is 1. The fourth-order valence-electron chi connectivity index (χ4n) is 4.67. The number of benzene rings is 1. The summed E-state index contributed by atoms with van der Waals surface area (Å²) in [6, 6.07) is 10.3. The molecule has 186 valence electrons. The van der Waals surface area contributed by atoms with E-state index in [0.717, 1.165) is 58.7 Å². The maximum Gasteiger partial charge on any atom is 0.320 e. The van der Waals surface area contributed by atoms with Gasteiger partial charge in [-0.25, -0.2) is 19.7 Å². The number of nitrogen functional groups attached to an aromatic ring is 1. The molecule has 0 radical (unpaired) electrons. The van der Waals surface area contributed by atoms with Gasteiger partial charge in [-0.2, -0.15) is 5.10 Å². The molecule has 0 saturated carbocycles. The van der Waals surface area contributed by atoms with Crippen LogP contribution in [0.3, 0.4) is 0 Å². The SMILES string of the molecule is Cc1cc(N)nc(C)c1CNc1ncnc2nn(Cc3ccc(CN4CCCN(C)C4=O)cc3)cc12. The van der Waals surface area contributed by atoms with Crippen LogP contribution in [0.2, 0.25) is 0 Å². The van der Waals surface area contributed by atoms with Gasteiger partial charge in [-0.15, -0.1) is 0 Å². The Morgan fingerprint density at radius 2 is 1.81 bits per heavy atom. The van der Waals surface area contributed by atoms with Crippen molar-refractivity contribution in [2.45, 2.75) is 39.9 Å². The minimum absolute atomic E-state index is 0.0945. The average Bonchev–Trinajstić information content (AvgIpc) is 3.26. The summed E-state index contributed by atoms with van der Waals surface area (Å²) in [6.45, 7) is 7.44. The van der Waals surface area contributed by atoms with Gasteiger partial charge in [0.1, 0.15) is 18.0 Å². The Kier molecular flexibility index (Phi) is 6.41. The summed E-state index contributed by atoms with van der Waals surface area (Å²) < 4.78 is 1.88. The molecule has 0 aliphatic carbocycles. The van der Waals surface area contributed by atoms with Crippen LogP contribution >= 0.6 is 0 Å². The fraction of sp³-hybridized carbons (Fsp3) is 0.346. The molecule has 1 aromatic carbocycles. The van der Waals surface area contributed by atoms with E-state index < -0.39 is 0 Å². The molecule has 0 atom stereocenters. The van der Waals surface area contributed by atoms with Crippen molar-refractivity contribution in [3.8, 4) is 0 Å². The largest absolute Gasteiger partial charge is 0.384 e. The monoisotopic (exact) mass is 485 g/mol. The lowest BCUT2D eigenvalue weighted by molar-refractivity contribution is 0.138. The van der Waals surface area contributed by atoms with Crippen LogP contribution < -0.4 is 11.1 Å². The lowest BCUT2D eigenvalue weighted by Crippen LogP contribution is -2.46. The van der Waals surface area contributed by atoms with E-state index in [2.05, 4.69) is 49.6 Å². The van der Waals surface area contributed by atoms with Gasteiger partial charge in [-0.1, -0.05) is 24.3 Å². The van der Waals surface area contributed by atoms with Crippen LogP contribution in [0.4, 0.5) is 16.4 Å². The molecule has 0 bridgehead atoms. The number of aromatic nitrogens is 5. The first-order chi connectivity index (χ1) is 17.4. The van der Waals surface area contributed by atoms with Crippen molar-refractivity contribution in [2.75, 3.05) is 31.2 Å². The van der Waals surface area contributed by atoms with E-state index in [0.29, 0.717) is 31.1 Å². The van der Waals surface area contributed by atoms with Crippen molar-refractivity contribution < 1.29 is 4.79 Å². The Morgan fingerprint density at radius 3 is 2.56 bits per heavy atom. The van der Waals surface area contributed by atoms with Crippen molar-refractivity contribution in [3.63, 3.8) is 0 Å². The van der Waals surface area contributed by atoms with E-state index in [9.17, 15) is 4.79 Å². The first-order valence-electron chi connectivity index (χ1n) is 12.1. The number of aryl methyl sites for hydroxylation is 2. The van der Waals surface area contributed by atoms with Crippen molar-refractivity contribution >= 4 is 28.7 Å². The highest BCUT2D eigenvalue weighted by Crippen LogP contribution is 2.22. The standard InChI is InChI=1S/C26H31N9O/c1-17-11-23(27)31-18(2)21(17)12-28-24-22-15-35(32-25(22)30-16-29-24)14-20-7-5-19(6-8-20)13-34-10-4-9-33(3)26(34)36/h5-8,11,15-16H,4,9-10,12-14H2,1-3H3,(H2,27,31)(H,28,29,30,32). The molecule has 3 aromatic heterocycles. The molecule has 1 aliphatic heterocycles. The van der Waals surface area contributed by atoms with E-state index in [-0.39, 0.29) is 6.03 Å². The molecule has 4 aromatic rings. The maximum atomic E-state index is 12.3. The molecule has 0 spiro atoms. The molecule has 3 N–H and O–H groups in total. The number of hydrogen-bond donors (Lipinski definition) is 2. The lowest BCUT2D eigenvalue weighted by Gasteiger charge is -2.33. The Hall–Kier alpha value is -4.21. The summed E-state index contributed by atoms with van der Waals surface area (Å²) in [4.78, 5) is 29.2. The van der Waals surface area contributed by atoms with E-state index in [1.807, 2.05) is 42.7 Å². The number of carbonyl (C=O) groups excluding carboxylic acids is 1. The van der Waals surface area contributed by atoms with E-state index in [4.69, 9.17) is 5.73 Å². The smallest absolute Gasteiger partial charge is 0.320 e. The highest BCUT2D eigenvalue weighted by atomic mass is 16.2. The second-order valence-corrected chi connectivity index (χ2v) is 9.36. The number of rotatable bonds is 7. The molecular weight excluding hydrogens is 454 g/mol. The second-order valence-electron chi connectivity index (χ2n) is 9.36. The van der Waals surface area contributed by atoms with Crippen molar-refractivity contribution in [2.24, 2.45) is 0 Å². The van der Waals surface area contributed by atoms with Crippen LogP contribution in [0.5, 0.6) is 0 Å². The Balaban J connectivity index is 1.27. The van der Waals surface area contributed by atoms with Crippen molar-refractivity contribution in [3.05, 3.63) is 70.8 Å². The van der Waals surface area contributed by atoms with E-state index in [1.54, 1.807) is 4.90 Å². The Morgan fingerprint density at radius 1 is 1.06 bits per heavy atom. The first-order valence-corrected chi connectivity index (χ1v) is 12.1. The lowest BCUT2D eigenvalue weighted by atomic mass is 10.1. The van der Waals surface area contributed by atoms with Crippen molar-refractivity contribution in [1.82, 2.24) is 34.5 Å². The third-order valence-electron chi connectivity index (χ3n) is 6.63. The fourth-order valence-corrected chi connectivity index (χ4v) is 4.67. The molecule has 4 heterocycles. The third-order valence-corrected chi connectivity index (χ3v) is 6.63. The number of anilines is 2. The van der Waals surface area contributed by atoms with Gasteiger partial charge in [0.2, 0.25) is 0 Å². The molecule has 1 fully saturated rings. The maximum absolute atomic E-state index is 12.3. The number of pyridine rings is 1. The zero-order valence-corrected chi connectivity index (χ0v) is 20.9. The first kappa shape index (κ1) is 23.5. The third kappa shape index (κ3) is 4.93. The Bertz CT molecular complexity index is 1370. The molecular formula is C26H31N9O.